The van der Waals surface area contributed by atoms with E-state index in [1.165, 1.54) is 6.07 Å². The minimum absolute atomic E-state index is 0.137. The number of nitrogens with one attached hydrogen (secondary N) is 1. The molecular weight excluding hydrogens is 242 g/mol. The number of nitro groups is 1. The van der Waals surface area contributed by atoms with Gasteiger partial charge in [0, 0.05) is 25.7 Å². The van der Waals surface area contributed by atoms with Gasteiger partial charge in [0.25, 0.3) is 5.69 Å². The molecule has 106 valence electrons. The van der Waals surface area contributed by atoms with E-state index in [0.29, 0.717) is 18.3 Å². The van der Waals surface area contributed by atoms with Crippen LogP contribution in [-0.2, 0) is 6.54 Å². The van der Waals surface area contributed by atoms with Crippen molar-refractivity contribution in [2.24, 2.45) is 0 Å². The first-order valence-electron chi connectivity index (χ1n) is 6.69. The minimum Gasteiger partial charge on any atom is -0.382 e. The Labute approximate surface area is 114 Å². The van der Waals surface area contributed by atoms with Gasteiger partial charge < -0.3 is 5.32 Å². The van der Waals surface area contributed by atoms with E-state index >= 15 is 0 Å². The summed E-state index contributed by atoms with van der Waals surface area (Å²) in [5.41, 5.74) is 1.72. The summed E-state index contributed by atoms with van der Waals surface area (Å²) in [7, 11) is 3.79. The van der Waals surface area contributed by atoms with Crippen LogP contribution in [0.4, 0.5) is 11.4 Å². The zero-order valence-electron chi connectivity index (χ0n) is 12.1. The highest BCUT2D eigenvalue weighted by molar-refractivity contribution is 5.66. The maximum absolute atomic E-state index is 11.0. The van der Waals surface area contributed by atoms with Crippen LogP contribution in [0.1, 0.15) is 32.3 Å². The summed E-state index contributed by atoms with van der Waals surface area (Å²) >= 11 is 0. The van der Waals surface area contributed by atoms with Crippen LogP contribution in [0.25, 0.3) is 0 Å². The van der Waals surface area contributed by atoms with Gasteiger partial charge in [0.1, 0.15) is 5.69 Å². The predicted molar refractivity (Wildman–Crippen MR) is 78.5 cm³/mol. The van der Waals surface area contributed by atoms with Gasteiger partial charge in [0.15, 0.2) is 0 Å². The van der Waals surface area contributed by atoms with Gasteiger partial charge in [0.05, 0.1) is 4.92 Å². The van der Waals surface area contributed by atoms with Crippen LogP contribution in [0.5, 0.6) is 0 Å². The first-order chi connectivity index (χ1) is 9.04. The summed E-state index contributed by atoms with van der Waals surface area (Å²) in [5, 5.41) is 14.0. The van der Waals surface area contributed by atoms with Crippen LogP contribution < -0.4 is 5.32 Å². The minimum atomic E-state index is -0.341. The molecule has 0 aliphatic rings. The highest BCUT2D eigenvalue weighted by Gasteiger charge is 2.18. The van der Waals surface area contributed by atoms with E-state index in [4.69, 9.17) is 0 Å². The fourth-order valence-electron chi connectivity index (χ4n) is 2.47. The zero-order valence-corrected chi connectivity index (χ0v) is 12.1. The molecule has 0 unspecified atom stereocenters. The lowest BCUT2D eigenvalue weighted by atomic mass is 10.1. The lowest BCUT2D eigenvalue weighted by Crippen LogP contribution is -2.30. The molecule has 0 atom stereocenters. The average Bonchev–Trinajstić information content (AvgIpc) is 2.39. The molecule has 0 radical (unpaired) electrons. The summed E-state index contributed by atoms with van der Waals surface area (Å²) in [6.45, 7) is 5.04. The summed E-state index contributed by atoms with van der Waals surface area (Å²) < 4.78 is 0. The Morgan fingerprint density at radius 2 is 2.00 bits per heavy atom. The Morgan fingerprint density at radius 1 is 1.37 bits per heavy atom. The topological polar surface area (TPSA) is 58.4 Å². The van der Waals surface area contributed by atoms with Crippen LogP contribution >= 0.6 is 0 Å². The third kappa shape index (κ3) is 3.67. The van der Waals surface area contributed by atoms with Gasteiger partial charge in [-0.2, -0.15) is 0 Å². The van der Waals surface area contributed by atoms with Crippen LogP contribution in [0, 0.1) is 10.1 Å². The molecule has 0 bridgehead atoms. The Hall–Kier alpha value is -1.62. The fourth-order valence-corrected chi connectivity index (χ4v) is 2.47. The highest BCUT2D eigenvalue weighted by atomic mass is 16.6. The standard InChI is InChI=1S/C14H23N3O2/c1-5-12(6-2)16(4)10-11-8-7-9-13(17(18)19)14(11)15-3/h7-9,12,15H,5-6,10H2,1-4H3. The third-order valence-corrected chi connectivity index (χ3v) is 3.56. The largest absolute Gasteiger partial charge is 0.382 e. The molecule has 0 aromatic heterocycles. The van der Waals surface area contributed by atoms with Crippen LogP contribution in [0.2, 0.25) is 0 Å². The molecule has 0 fully saturated rings. The van der Waals surface area contributed by atoms with Crippen LogP contribution in [0.15, 0.2) is 18.2 Å². The number of hydrogen-bond donors (Lipinski definition) is 1. The van der Waals surface area contributed by atoms with Gasteiger partial charge in [-0.1, -0.05) is 26.0 Å². The van der Waals surface area contributed by atoms with Crippen molar-refractivity contribution >= 4 is 11.4 Å². The number of nitro benzene ring substituents is 1. The molecule has 1 aromatic carbocycles. The van der Waals surface area contributed by atoms with Crippen molar-refractivity contribution in [3.63, 3.8) is 0 Å². The van der Waals surface area contributed by atoms with Gasteiger partial charge in [-0.05, 0) is 25.5 Å². The smallest absolute Gasteiger partial charge is 0.292 e. The van der Waals surface area contributed by atoms with Crippen molar-refractivity contribution in [3.8, 4) is 0 Å². The Bertz CT molecular complexity index is 431. The number of hydrogen-bond acceptors (Lipinski definition) is 4. The molecule has 1 aromatic rings. The summed E-state index contributed by atoms with van der Waals surface area (Å²) in [5.74, 6) is 0. The average molecular weight is 265 g/mol. The summed E-state index contributed by atoms with van der Waals surface area (Å²) in [6, 6.07) is 5.73. The molecule has 0 amide bonds. The van der Waals surface area contributed by atoms with E-state index in [9.17, 15) is 10.1 Å². The van der Waals surface area contributed by atoms with Gasteiger partial charge in [-0.15, -0.1) is 0 Å². The van der Waals surface area contributed by atoms with Crippen molar-refractivity contribution < 1.29 is 4.92 Å². The van der Waals surface area contributed by atoms with Crippen molar-refractivity contribution in [1.29, 1.82) is 0 Å². The highest BCUT2D eigenvalue weighted by Crippen LogP contribution is 2.29. The quantitative estimate of drug-likeness (QED) is 0.607. The van der Waals surface area contributed by atoms with E-state index in [0.717, 1.165) is 18.4 Å². The van der Waals surface area contributed by atoms with Gasteiger partial charge in [-0.3, -0.25) is 15.0 Å². The molecular formula is C14H23N3O2. The second kappa shape index (κ2) is 7.09. The number of benzene rings is 1. The van der Waals surface area contributed by atoms with E-state index in [1.807, 2.05) is 6.07 Å². The number of anilines is 1. The third-order valence-electron chi connectivity index (χ3n) is 3.56. The van der Waals surface area contributed by atoms with Crippen molar-refractivity contribution in [1.82, 2.24) is 4.90 Å². The molecule has 0 spiro atoms. The Morgan fingerprint density at radius 3 is 2.47 bits per heavy atom. The Kier molecular flexibility index (Phi) is 5.76. The van der Waals surface area contributed by atoms with Gasteiger partial charge in [0.2, 0.25) is 0 Å². The monoisotopic (exact) mass is 265 g/mol. The zero-order chi connectivity index (χ0) is 14.4. The van der Waals surface area contributed by atoms with Crippen molar-refractivity contribution in [2.75, 3.05) is 19.4 Å². The lowest BCUT2D eigenvalue weighted by Gasteiger charge is -2.26. The first-order valence-corrected chi connectivity index (χ1v) is 6.69. The normalized spacial score (nSPS) is 11.1. The SMILES string of the molecule is CCC(CC)N(C)Cc1cccc([N+](=O)[O-])c1NC. The molecule has 0 saturated heterocycles. The second-order valence-corrected chi connectivity index (χ2v) is 4.70. The fraction of sp³-hybridized carbons (Fsp3) is 0.571. The second-order valence-electron chi connectivity index (χ2n) is 4.70. The number of para-hydroxylation sites is 1. The maximum Gasteiger partial charge on any atom is 0.292 e. The first kappa shape index (κ1) is 15.4. The molecule has 0 heterocycles. The summed E-state index contributed by atoms with van der Waals surface area (Å²) in [4.78, 5) is 12.9. The molecule has 0 saturated carbocycles. The van der Waals surface area contributed by atoms with Crippen LogP contribution in [-0.4, -0.2) is 30.0 Å². The van der Waals surface area contributed by atoms with Crippen molar-refractivity contribution in [3.05, 3.63) is 33.9 Å². The van der Waals surface area contributed by atoms with Gasteiger partial charge in [-0.25, -0.2) is 0 Å². The summed E-state index contributed by atoms with van der Waals surface area (Å²) in [6.07, 6.45) is 2.16. The van der Waals surface area contributed by atoms with Crippen LogP contribution in [0.3, 0.4) is 0 Å². The van der Waals surface area contributed by atoms with Crippen molar-refractivity contribution in [2.45, 2.75) is 39.3 Å². The predicted octanol–water partition coefficient (Wildman–Crippen LogP) is 3.26. The molecule has 0 aliphatic carbocycles. The molecule has 19 heavy (non-hydrogen) atoms. The molecule has 5 heteroatoms. The van der Waals surface area contributed by atoms with Gasteiger partial charge >= 0.3 is 0 Å². The maximum atomic E-state index is 11.0. The molecule has 0 aliphatic heterocycles. The molecule has 1 rings (SSSR count). The number of rotatable bonds is 7. The van der Waals surface area contributed by atoms with E-state index in [2.05, 4.69) is 31.1 Å². The Balaban J connectivity index is 3.01. The van der Waals surface area contributed by atoms with E-state index < -0.39 is 0 Å². The van der Waals surface area contributed by atoms with E-state index in [1.54, 1.807) is 13.1 Å². The molecule has 1 N–H and O–H groups in total. The lowest BCUT2D eigenvalue weighted by molar-refractivity contribution is -0.384. The molecule has 5 nitrogen and oxygen atoms in total. The number of nitrogens with zero attached hydrogens (tertiary/aromatic N) is 2. The van der Waals surface area contributed by atoms with E-state index in [-0.39, 0.29) is 10.6 Å².